The first kappa shape index (κ1) is 16.2. The molecule has 1 N–H and O–H groups in total. The van der Waals surface area contributed by atoms with E-state index in [1.807, 2.05) is 36.9 Å². The van der Waals surface area contributed by atoms with E-state index in [1.54, 1.807) is 12.4 Å². The summed E-state index contributed by atoms with van der Waals surface area (Å²) in [7, 11) is 0. The van der Waals surface area contributed by atoms with Gasteiger partial charge in [-0.05, 0) is 26.0 Å². The molecule has 6 nitrogen and oxygen atoms in total. The van der Waals surface area contributed by atoms with Crippen LogP contribution in [0.3, 0.4) is 0 Å². The SMILES string of the molecule is CC(C)Nc1ncc(C(=O)N2CCN(c3ccccc3)CC2)cn1. The fraction of sp³-hybridized carbons (Fsp3) is 0.389. The van der Waals surface area contributed by atoms with Gasteiger partial charge in [0.1, 0.15) is 0 Å². The van der Waals surface area contributed by atoms with Crippen molar-refractivity contribution in [2.75, 3.05) is 36.4 Å². The van der Waals surface area contributed by atoms with Crippen LogP contribution in [0.5, 0.6) is 0 Å². The molecule has 1 amide bonds. The topological polar surface area (TPSA) is 61.4 Å². The Labute approximate surface area is 142 Å². The zero-order chi connectivity index (χ0) is 16.9. The molecule has 1 aromatic heterocycles. The van der Waals surface area contributed by atoms with Crippen molar-refractivity contribution in [3.8, 4) is 0 Å². The Morgan fingerprint density at radius 2 is 1.67 bits per heavy atom. The summed E-state index contributed by atoms with van der Waals surface area (Å²) in [6.07, 6.45) is 3.20. The largest absolute Gasteiger partial charge is 0.368 e. The van der Waals surface area contributed by atoms with Crippen LogP contribution in [0.1, 0.15) is 24.2 Å². The molecule has 6 heteroatoms. The number of piperazine rings is 1. The Morgan fingerprint density at radius 3 is 2.25 bits per heavy atom. The fourth-order valence-corrected chi connectivity index (χ4v) is 2.76. The predicted molar refractivity (Wildman–Crippen MR) is 95.3 cm³/mol. The highest BCUT2D eigenvalue weighted by Crippen LogP contribution is 2.16. The van der Waals surface area contributed by atoms with E-state index >= 15 is 0 Å². The maximum Gasteiger partial charge on any atom is 0.257 e. The Bertz CT molecular complexity index is 664. The van der Waals surface area contributed by atoms with Crippen molar-refractivity contribution < 1.29 is 4.79 Å². The Kier molecular flexibility index (Phi) is 4.93. The summed E-state index contributed by atoms with van der Waals surface area (Å²) < 4.78 is 0. The number of benzene rings is 1. The third-order valence-electron chi connectivity index (χ3n) is 4.00. The molecule has 1 aliphatic heterocycles. The molecule has 1 aromatic carbocycles. The van der Waals surface area contributed by atoms with E-state index in [0.29, 0.717) is 24.6 Å². The molecule has 1 aliphatic rings. The van der Waals surface area contributed by atoms with Crippen molar-refractivity contribution in [3.63, 3.8) is 0 Å². The zero-order valence-electron chi connectivity index (χ0n) is 14.1. The molecule has 0 radical (unpaired) electrons. The molecule has 2 aromatic rings. The lowest BCUT2D eigenvalue weighted by Crippen LogP contribution is -2.48. The second kappa shape index (κ2) is 7.29. The van der Waals surface area contributed by atoms with E-state index in [4.69, 9.17) is 0 Å². The summed E-state index contributed by atoms with van der Waals surface area (Å²) in [5.41, 5.74) is 1.74. The highest BCUT2D eigenvalue weighted by molar-refractivity contribution is 5.93. The summed E-state index contributed by atoms with van der Waals surface area (Å²) in [5, 5.41) is 3.12. The molecule has 1 saturated heterocycles. The molecule has 0 aliphatic carbocycles. The molecular formula is C18H23N5O. The number of amides is 1. The number of carbonyl (C=O) groups is 1. The predicted octanol–water partition coefficient (Wildman–Crippen LogP) is 2.26. The van der Waals surface area contributed by atoms with Crippen molar-refractivity contribution in [3.05, 3.63) is 48.3 Å². The van der Waals surface area contributed by atoms with Gasteiger partial charge in [0.25, 0.3) is 5.91 Å². The maximum atomic E-state index is 12.6. The number of aromatic nitrogens is 2. The van der Waals surface area contributed by atoms with Crippen LogP contribution in [0.4, 0.5) is 11.6 Å². The van der Waals surface area contributed by atoms with Gasteiger partial charge in [-0.2, -0.15) is 0 Å². The number of hydrogen-bond donors (Lipinski definition) is 1. The van der Waals surface area contributed by atoms with Gasteiger partial charge in [-0.25, -0.2) is 9.97 Å². The number of para-hydroxylation sites is 1. The highest BCUT2D eigenvalue weighted by Gasteiger charge is 2.22. The smallest absolute Gasteiger partial charge is 0.257 e. The van der Waals surface area contributed by atoms with Crippen LogP contribution in [0, 0.1) is 0 Å². The van der Waals surface area contributed by atoms with Crippen LogP contribution in [0.15, 0.2) is 42.7 Å². The Balaban J connectivity index is 1.59. The van der Waals surface area contributed by atoms with E-state index in [-0.39, 0.29) is 11.9 Å². The summed E-state index contributed by atoms with van der Waals surface area (Å²) in [4.78, 5) is 25.2. The van der Waals surface area contributed by atoms with Crippen LogP contribution in [-0.4, -0.2) is 53.0 Å². The molecule has 0 spiro atoms. The third-order valence-corrected chi connectivity index (χ3v) is 4.00. The van der Waals surface area contributed by atoms with Gasteiger partial charge in [-0.1, -0.05) is 18.2 Å². The van der Waals surface area contributed by atoms with Gasteiger partial charge in [0, 0.05) is 50.3 Å². The standard InChI is InChI=1S/C18H23N5O/c1-14(2)21-18-19-12-15(13-20-18)17(24)23-10-8-22(9-11-23)16-6-4-3-5-7-16/h3-7,12-14H,8-11H2,1-2H3,(H,19,20,21). The quantitative estimate of drug-likeness (QED) is 0.934. The molecule has 24 heavy (non-hydrogen) atoms. The number of nitrogens with one attached hydrogen (secondary N) is 1. The highest BCUT2D eigenvalue weighted by atomic mass is 16.2. The molecular weight excluding hydrogens is 302 g/mol. The van der Waals surface area contributed by atoms with E-state index < -0.39 is 0 Å². The van der Waals surface area contributed by atoms with Crippen LogP contribution < -0.4 is 10.2 Å². The van der Waals surface area contributed by atoms with Gasteiger partial charge >= 0.3 is 0 Å². The van der Waals surface area contributed by atoms with Crippen molar-refractivity contribution in [1.82, 2.24) is 14.9 Å². The molecule has 1 fully saturated rings. The van der Waals surface area contributed by atoms with Gasteiger partial charge in [-0.3, -0.25) is 4.79 Å². The van der Waals surface area contributed by atoms with Gasteiger partial charge in [0.2, 0.25) is 5.95 Å². The lowest BCUT2D eigenvalue weighted by molar-refractivity contribution is 0.0746. The fourth-order valence-electron chi connectivity index (χ4n) is 2.76. The van der Waals surface area contributed by atoms with E-state index in [0.717, 1.165) is 13.1 Å². The van der Waals surface area contributed by atoms with Crippen molar-refractivity contribution in [1.29, 1.82) is 0 Å². The monoisotopic (exact) mass is 325 g/mol. The zero-order valence-corrected chi connectivity index (χ0v) is 14.1. The summed E-state index contributed by atoms with van der Waals surface area (Å²) in [6, 6.07) is 10.6. The normalized spacial score (nSPS) is 14.8. The molecule has 3 rings (SSSR count). The van der Waals surface area contributed by atoms with E-state index in [9.17, 15) is 4.79 Å². The minimum atomic E-state index is -0.00110. The van der Waals surface area contributed by atoms with Crippen LogP contribution in [0.25, 0.3) is 0 Å². The molecule has 2 heterocycles. The average Bonchev–Trinajstić information content (AvgIpc) is 2.62. The van der Waals surface area contributed by atoms with Crippen molar-refractivity contribution >= 4 is 17.5 Å². The second-order valence-corrected chi connectivity index (χ2v) is 6.21. The van der Waals surface area contributed by atoms with Crippen LogP contribution in [0.2, 0.25) is 0 Å². The minimum absolute atomic E-state index is 0.00110. The number of anilines is 2. The maximum absolute atomic E-state index is 12.6. The number of rotatable bonds is 4. The van der Waals surface area contributed by atoms with Gasteiger partial charge < -0.3 is 15.1 Å². The summed E-state index contributed by atoms with van der Waals surface area (Å²) >= 11 is 0. The van der Waals surface area contributed by atoms with Gasteiger partial charge in [0.15, 0.2) is 0 Å². The van der Waals surface area contributed by atoms with E-state index in [2.05, 4.69) is 32.3 Å². The Hall–Kier alpha value is -2.63. The summed E-state index contributed by atoms with van der Waals surface area (Å²) in [6.45, 7) is 7.13. The van der Waals surface area contributed by atoms with Crippen LogP contribution in [-0.2, 0) is 0 Å². The molecule has 0 atom stereocenters. The molecule has 0 unspecified atom stereocenters. The molecule has 126 valence electrons. The first-order valence-electron chi connectivity index (χ1n) is 8.31. The van der Waals surface area contributed by atoms with Crippen molar-refractivity contribution in [2.45, 2.75) is 19.9 Å². The average molecular weight is 325 g/mol. The Morgan fingerprint density at radius 1 is 1.04 bits per heavy atom. The second-order valence-electron chi connectivity index (χ2n) is 6.21. The lowest BCUT2D eigenvalue weighted by Gasteiger charge is -2.36. The van der Waals surface area contributed by atoms with Gasteiger partial charge in [0.05, 0.1) is 5.56 Å². The third kappa shape index (κ3) is 3.82. The van der Waals surface area contributed by atoms with E-state index in [1.165, 1.54) is 5.69 Å². The first-order chi connectivity index (χ1) is 11.6. The summed E-state index contributed by atoms with van der Waals surface area (Å²) in [5.74, 6) is 0.550. The number of hydrogen-bond acceptors (Lipinski definition) is 5. The molecule has 0 saturated carbocycles. The molecule has 0 bridgehead atoms. The van der Waals surface area contributed by atoms with Crippen molar-refractivity contribution in [2.24, 2.45) is 0 Å². The van der Waals surface area contributed by atoms with Crippen LogP contribution >= 0.6 is 0 Å². The lowest BCUT2D eigenvalue weighted by atomic mass is 10.2. The number of nitrogens with zero attached hydrogens (tertiary/aromatic N) is 4. The first-order valence-corrected chi connectivity index (χ1v) is 8.31. The minimum Gasteiger partial charge on any atom is -0.368 e. The number of carbonyl (C=O) groups excluding carboxylic acids is 1. The van der Waals surface area contributed by atoms with Gasteiger partial charge in [-0.15, -0.1) is 0 Å².